The lowest BCUT2D eigenvalue weighted by Crippen LogP contribution is -2.45. The van der Waals surface area contributed by atoms with Crippen LogP contribution < -0.4 is 10.0 Å². The molecule has 0 aliphatic carbocycles. The van der Waals surface area contributed by atoms with Gasteiger partial charge in [0, 0.05) is 18.1 Å². The van der Waals surface area contributed by atoms with Crippen LogP contribution in [-0.2, 0) is 20.6 Å². The molecule has 0 radical (unpaired) electrons. The highest BCUT2D eigenvalue weighted by atomic mass is 35.5. The minimum absolute atomic E-state index is 0.0216. The molecule has 6 nitrogen and oxygen atoms in total. The molecule has 0 heterocycles. The summed E-state index contributed by atoms with van der Waals surface area (Å²) in [4.78, 5) is 11.9. The number of rotatable bonds is 9. The third-order valence-corrected chi connectivity index (χ3v) is 7.36. The predicted octanol–water partition coefficient (Wildman–Crippen LogP) is 3.58. The number of hydrogen-bond acceptors (Lipinski definition) is 5. The number of hydrogen-bond donors (Lipinski definition) is 2. The molecule has 1 atom stereocenters. The molecular formula is C19H19Cl2N3O3S2. The molecule has 0 aliphatic rings. The van der Waals surface area contributed by atoms with Crippen molar-refractivity contribution < 1.29 is 13.2 Å². The van der Waals surface area contributed by atoms with Crippen molar-refractivity contribution in [2.24, 2.45) is 0 Å². The molecule has 0 spiro atoms. The standard InChI is InChI=1S/C19H19Cl2N3O3S2/c1-13(24-29(26,27)18-16(20)7-4-8-17(18)21)19(25)23-9-10-28-12-15-6-3-2-5-14(15)11-22/h2-8,13,24H,9-10,12H2,1H3,(H,23,25). The summed E-state index contributed by atoms with van der Waals surface area (Å²) in [5.41, 5.74) is 1.56. The Morgan fingerprint density at radius 2 is 1.83 bits per heavy atom. The van der Waals surface area contributed by atoms with Gasteiger partial charge in [0.1, 0.15) is 4.90 Å². The van der Waals surface area contributed by atoms with Gasteiger partial charge in [-0.25, -0.2) is 8.42 Å². The summed E-state index contributed by atoms with van der Waals surface area (Å²) in [7, 11) is -4.06. The molecule has 154 valence electrons. The van der Waals surface area contributed by atoms with E-state index in [1.54, 1.807) is 17.8 Å². The third-order valence-electron chi connectivity index (χ3n) is 3.85. The third kappa shape index (κ3) is 6.63. The van der Waals surface area contributed by atoms with Crippen LogP contribution in [0, 0.1) is 11.3 Å². The van der Waals surface area contributed by atoms with Gasteiger partial charge in [-0.2, -0.15) is 21.7 Å². The Hall–Kier alpha value is -1.76. The van der Waals surface area contributed by atoms with Crippen LogP contribution in [0.2, 0.25) is 10.0 Å². The van der Waals surface area contributed by atoms with E-state index in [1.807, 2.05) is 18.2 Å². The fourth-order valence-electron chi connectivity index (χ4n) is 2.42. The zero-order valence-corrected chi connectivity index (χ0v) is 18.6. The van der Waals surface area contributed by atoms with Crippen LogP contribution in [0.25, 0.3) is 0 Å². The molecule has 1 amide bonds. The van der Waals surface area contributed by atoms with Gasteiger partial charge in [0.25, 0.3) is 0 Å². The zero-order valence-electron chi connectivity index (χ0n) is 15.5. The lowest BCUT2D eigenvalue weighted by molar-refractivity contribution is -0.122. The lowest BCUT2D eigenvalue weighted by atomic mass is 10.1. The van der Waals surface area contributed by atoms with Gasteiger partial charge in [0.05, 0.1) is 27.7 Å². The largest absolute Gasteiger partial charge is 0.354 e. The molecule has 2 N–H and O–H groups in total. The molecule has 0 fully saturated rings. The summed E-state index contributed by atoms with van der Waals surface area (Å²) in [6.45, 7) is 1.80. The van der Waals surface area contributed by atoms with E-state index in [0.29, 0.717) is 23.6 Å². The molecule has 0 aromatic heterocycles. The normalized spacial score (nSPS) is 12.2. The first-order valence-corrected chi connectivity index (χ1v) is 12.0. The number of nitrogens with one attached hydrogen (secondary N) is 2. The SMILES string of the molecule is CC(NS(=O)(=O)c1c(Cl)cccc1Cl)C(=O)NCCSCc1ccccc1C#N. The van der Waals surface area contributed by atoms with Gasteiger partial charge in [-0.3, -0.25) is 4.79 Å². The van der Waals surface area contributed by atoms with Crippen LogP contribution in [0.5, 0.6) is 0 Å². The number of amides is 1. The number of halogens is 2. The number of carbonyl (C=O) groups excluding carboxylic acids is 1. The van der Waals surface area contributed by atoms with Crippen LogP contribution in [0.15, 0.2) is 47.4 Å². The minimum atomic E-state index is -4.06. The first-order chi connectivity index (χ1) is 13.8. The average Bonchev–Trinajstić information content (AvgIpc) is 2.67. The van der Waals surface area contributed by atoms with Gasteiger partial charge in [-0.05, 0) is 30.7 Å². The highest BCUT2D eigenvalue weighted by molar-refractivity contribution is 7.98. The molecule has 0 saturated heterocycles. The van der Waals surface area contributed by atoms with Crippen molar-refractivity contribution in [1.82, 2.24) is 10.0 Å². The van der Waals surface area contributed by atoms with E-state index in [-0.39, 0.29) is 14.9 Å². The summed E-state index contributed by atoms with van der Waals surface area (Å²) < 4.78 is 27.3. The summed E-state index contributed by atoms with van der Waals surface area (Å²) in [6.07, 6.45) is 0. The second-order valence-corrected chi connectivity index (χ2v) is 9.58. The number of carbonyl (C=O) groups is 1. The molecule has 2 rings (SSSR count). The highest BCUT2D eigenvalue weighted by Crippen LogP contribution is 2.28. The Balaban J connectivity index is 1.83. The Morgan fingerprint density at radius 1 is 1.17 bits per heavy atom. The van der Waals surface area contributed by atoms with Gasteiger partial charge < -0.3 is 5.32 Å². The Morgan fingerprint density at radius 3 is 2.48 bits per heavy atom. The van der Waals surface area contributed by atoms with Crippen LogP contribution in [0.4, 0.5) is 0 Å². The van der Waals surface area contributed by atoms with Gasteiger partial charge >= 0.3 is 0 Å². The Kier molecular flexibility index (Phi) is 8.80. The van der Waals surface area contributed by atoms with Crippen LogP contribution in [-0.4, -0.2) is 32.7 Å². The molecule has 0 aliphatic heterocycles. The number of nitrogens with zero attached hydrogens (tertiary/aromatic N) is 1. The number of thioether (sulfide) groups is 1. The molecule has 2 aromatic carbocycles. The number of benzene rings is 2. The Labute approximate surface area is 184 Å². The second kappa shape index (κ2) is 10.9. The quantitative estimate of drug-likeness (QED) is 0.544. The van der Waals surface area contributed by atoms with Crippen molar-refractivity contribution in [3.8, 4) is 6.07 Å². The number of sulfonamides is 1. The second-order valence-electron chi connectivity index (χ2n) is 6.01. The first kappa shape index (κ1) is 23.5. The maximum absolute atomic E-state index is 12.5. The van der Waals surface area contributed by atoms with Crippen LogP contribution in [0.1, 0.15) is 18.1 Å². The monoisotopic (exact) mass is 471 g/mol. The lowest BCUT2D eigenvalue weighted by Gasteiger charge is -2.15. The molecule has 0 bridgehead atoms. The van der Waals surface area contributed by atoms with E-state index in [0.717, 1.165) is 5.56 Å². The molecule has 29 heavy (non-hydrogen) atoms. The smallest absolute Gasteiger partial charge is 0.244 e. The maximum atomic E-state index is 12.5. The van der Waals surface area contributed by atoms with Gasteiger partial charge in [-0.15, -0.1) is 0 Å². The minimum Gasteiger partial charge on any atom is -0.354 e. The van der Waals surface area contributed by atoms with Gasteiger partial charge in [-0.1, -0.05) is 47.5 Å². The molecule has 0 saturated carbocycles. The van der Waals surface area contributed by atoms with Crippen LogP contribution in [0.3, 0.4) is 0 Å². The summed E-state index contributed by atoms with van der Waals surface area (Å²) >= 11 is 13.4. The first-order valence-electron chi connectivity index (χ1n) is 8.56. The predicted molar refractivity (Wildman–Crippen MR) is 117 cm³/mol. The van der Waals surface area contributed by atoms with Crippen molar-refractivity contribution in [1.29, 1.82) is 5.26 Å². The molecular weight excluding hydrogens is 453 g/mol. The average molecular weight is 472 g/mol. The van der Waals surface area contributed by atoms with Crippen LogP contribution >= 0.6 is 35.0 Å². The van der Waals surface area contributed by atoms with Gasteiger partial charge in [0.15, 0.2) is 0 Å². The van der Waals surface area contributed by atoms with E-state index in [2.05, 4.69) is 16.1 Å². The Bertz CT molecular complexity index is 1000. The molecule has 1 unspecified atom stereocenters. The van der Waals surface area contributed by atoms with Crippen molar-refractivity contribution in [2.75, 3.05) is 12.3 Å². The van der Waals surface area contributed by atoms with Gasteiger partial charge in [0.2, 0.25) is 15.9 Å². The van der Waals surface area contributed by atoms with Crippen molar-refractivity contribution >= 4 is 50.9 Å². The van der Waals surface area contributed by atoms with E-state index in [9.17, 15) is 13.2 Å². The fraction of sp³-hybridized carbons (Fsp3) is 0.263. The van der Waals surface area contributed by atoms with Crippen molar-refractivity contribution in [2.45, 2.75) is 23.6 Å². The van der Waals surface area contributed by atoms with E-state index < -0.39 is 22.0 Å². The zero-order chi connectivity index (χ0) is 21.4. The summed E-state index contributed by atoms with van der Waals surface area (Å²) in [5.74, 6) is 0.795. The highest BCUT2D eigenvalue weighted by Gasteiger charge is 2.26. The molecule has 2 aromatic rings. The topological polar surface area (TPSA) is 99.1 Å². The van der Waals surface area contributed by atoms with E-state index in [1.165, 1.54) is 25.1 Å². The summed E-state index contributed by atoms with van der Waals surface area (Å²) in [6, 6.07) is 12.8. The summed E-state index contributed by atoms with van der Waals surface area (Å²) in [5, 5.41) is 11.7. The number of nitriles is 1. The van der Waals surface area contributed by atoms with Crippen molar-refractivity contribution in [3.63, 3.8) is 0 Å². The van der Waals surface area contributed by atoms with E-state index in [4.69, 9.17) is 28.5 Å². The fourth-order valence-corrected chi connectivity index (χ4v) is 5.63. The maximum Gasteiger partial charge on any atom is 0.244 e. The molecule has 10 heteroatoms. The van der Waals surface area contributed by atoms with E-state index >= 15 is 0 Å². The van der Waals surface area contributed by atoms with Crippen molar-refractivity contribution in [3.05, 3.63) is 63.6 Å².